The highest BCUT2D eigenvalue weighted by atomic mass is 79.9. The maximum Gasteiger partial charge on any atom is 0.262 e. The fourth-order valence-electron chi connectivity index (χ4n) is 2.16. The Labute approximate surface area is 136 Å². The molecule has 1 heterocycles. The molecule has 1 aliphatic heterocycles. The molecule has 0 aliphatic carbocycles. The van der Waals surface area contributed by atoms with Gasteiger partial charge in [0.2, 0.25) is 5.91 Å². The summed E-state index contributed by atoms with van der Waals surface area (Å²) in [5, 5.41) is 2.72. The van der Waals surface area contributed by atoms with E-state index in [4.69, 9.17) is 15.4 Å². The lowest BCUT2D eigenvalue weighted by molar-refractivity contribution is -0.116. The van der Waals surface area contributed by atoms with Gasteiger partial charge >= 0.3 is 0 Å². The highest BCUT2D eigenvalue weighted by Gasteiger charge is 2.18. The van der Waals surface area contributed by atoms with Crippen LogP contribution in [0.1, 0.15) is 25.7 Å². The monoisotopic (exact) mass is 395 g/mol. The van der Waals surface area contributed by atoms with Crippen molar-refractivity contribution in [1.82, 2.24) is 0 Å². The summed E-state index contributed by atoms with van der Waals surface area (Å²) in [5.74, 6) is -0.126. The Morgan fingerprint density at radius 3 is 2.81 bits per heavy atom. The third-order valence-electron chi connectivity index (χ3n) is 3.20. The number of hydrogen-bond acceptors (Lipinski definition) is 4. The van der Waals surface area contributed by atoms with E-state index in [0.29, 0.717) is 23.0 Å². The second-order valence-electron chi connectivity index (χ2n) is 4.80. The largest absolute Gasteiger partial charge is 0.378 e. The van der Waals surface area contributed by atoms with Gasteiger partial charge in [0.05, 0.1) is 11.0 Å². The van der Waals surface area contributed by atoms with E-state index in [0.717, 1.165) is 19.4 Å². The predicted molar refractivity (Wildman–Crippen MR) is 84.0 cm³/mol. The number of anilines is 1. The minimum Gasteiger partial charge on any atom is -0.378 e. The first kappa shape index (κ1) is 16.7. The third kappa shape index (κ3) is 4.95. The van der Waals surface area contributed by atoms with Crippen LogP contribution in [0.4, 0.5) is 5.69 Å². The average Bonchev–Trinajstić information content (AvgIpc) is 2.88. The molecule has 0 bridgehead atoms. The van der Waals surface area contributed by atoms with Crippen LogP contribution in [-0.2, 0) is 18.6 Å². The van der Waals surface area contributed by atoms with E-state index in [-0.39, 0.29) is 16.9 Å². The van der Waals surface area contributed by atoms with Crippen LogP contribution >= 0.6 is 26.6 Å². The van der Waals surface area contributed by atoms with Crippen LogP contribution in [-0.4, -0.2) is 27.0 Å². The summed E-state index contributed by atoms with van der Waals surface area (Å²) in [6, 6.07) is 4.37. The molecule has 1 aromatic rings. The summed E-state index contributed by atoms with van der Waals surface area (Å²) in [6.45, 7) is 0.771. The van der Waals surface area contributed by atoms with Gasteiger partial charge in [-0.05, 0) is 53.4 Å². The molecule has 0 spiro atoms. The van der Waals surface area contributed by atoms with Gasteiger partial charge in [0.1, 0.15) is 0 Å². The van der Waals surface area contributed by atoms with Crippen molar-refractivity contribution in [2.75, 3.05) is 11.9 Å². The van der Waals surface area contributed by atoms with Gasteiger partial charge in [0.15, 0.2) is 0 Å². The van der Waals surface area contributed by atoms with Crippen LogP contribution in [0.25, 0.3) is 0 Å². The highest BCUT2D eigenvalue weighted by molar-refractivity contribution is 9.10. The molecular formula is C13H15BrClNO4S. The zero-order valence-electron chi connectivity index (χ0n) is 11.1. The molecule has 21 heavy (non-hydrogen) atoms. The topological polar surface area (TPSA) is 72.5 Å². The van der Waals surface area contributed by atoms with E-state index in [1.54, 1.807) is 0 Å². The first-order valence-corrected chi connectivity index (χ1v) is 9.62. The number of amides is 1. The molecule has 0 aromatic heterocycles. The molecule has 116 valence electrons. The molecular weight excluding hydrogens is 382 g/mol. The number of halogens is 2. The molecule has 0 radical (unpaired) electrons. The molecule has 1 saturated heterocycles. The standard InChI is InChI=1S/C13H15BrClNO4S/c14-11-8-9(3-5-12(11)21(15,18)19)16-13(17)6-4-10-2-1-7-20-10/h3,5,8,10H,1-2,4,6-7H2,(H,16,17). The SMILES string of the molecule is O=C(CCC1CCCO1)Nc1ccc(S(=O)(=O)Cl)c(Br)c1. The molecule has 8 heteroatoms. The maximum atomic E-state index is 11.8. The maximum absolute atomic E-state index is 11.8. The predicted octanol–water partition coefficient (Wildman–Crippen LogP) is 3.27. The minimum absolute atomic E-state index is 0.0264. The Kier molecular flexibility index (Phi) is 5.65. The van der Waals surface area contributed by atoms with Crippen molar-refractivity contribution in [3.8, 4) is 0 Å². The van der Waals surface area contributed by atoms with Gasteiger partial charge in [-0.1, -0.05) is 0 Å². The summed E-state index contributed by atoms with van der Waals surface area (Å²) in [4.78, 5) is 11.8. The van der Waals surface area contributed by atoms with Gasteiger partial charge in [0.25, 0.3) is 9.05 Å². The number of carbonyl (C=O) groups excluding carboxylic acids is 1. The first-order chi connectivity index (χ1) is 9.86. The smallest absolute Gasteiger partial charge is 0.262 e. The molecule has 1 aliphatic rings. The zero-order chi connectivity index (χ0) is 15.5. The lowest BCUT2D eigenvalue weighted by atomic mass is 10.1. The summed E-state index contributed by atoms with van der Waals surface area (Å²) >= 11 is 3.13. The Balaban J connectivity index is 1.93. The number of ether oxygens (including phenoxy) is 1. The summed E-state index contributed by atoms with van der Waals surface area (Å²) in [5.41, 5.74) is 0.517. The van der Waals surface area contributed by atoms with Gasteiger partial charge in [0, 0.05) is 33.9 Å². The number of benzene rings is 1. The number of hydrogen-bond donors (Lipinski definition) is 1. The van der Waals surface area contributed by atoms with Crippen molar-refractivity contribution >= 4 is 47.3 Å². The Morgan fingerprint density at radius 1 is 1.48 bits per heavy atom. The van der Waals surface area contributed by atoms with Crippen LogP contribution < -0.4 is 5.32 Å². The van der Waals surface area contributed by atoms with Gasteiger partial charge in [-0.15, -0.1) is 0 Å². The molecule has 1 atom stereocenters. The minimum atomic E-state index is -3.80. The van der Waals surface area contributed by atoms with E-state index in [9.17, 15) is 13.2 Å². The van der Waals surface area contributed by atoms with Crippen molar-refractivity contribution < 1.29 is 17.9 Å². The molecule has 1 fully saturated rings. The van der Waals surface area contributed by atoms with Gasteiger partial charge in [-0.3, -0.25) is 4.79 Å². The molecule has 1 aromatic carbocycles. The first-order valence-electron chi connectivity index (χ1n) is 6.52. The summed E-state index contributed by atoms with van der Waals surface area (Å²) < 4.78 is 28.3. The van der Waals surface area contributed by atoms with Crippen molar-refractivity contribution in [2.45, 2.75) is 36.7 Å². The van der Waals surface area contributed by atoms with E-state index < -0.39 is 9.05 Å². The van der Waals surface area contributed by atoms with Gasteiger partial charge in [-0.25, -0.2) is 8.42 Å². The Bertz CT molecular complexity index is 629. The second-order valence-corrected chi connectivity index (χ2v) is 8.19. The Hall–Kier alpha value is -0.630. The quantitative estimate of drug-likeness (QED) is 0.775. The second kappa shape index (κ2) is 7.09. The number of carbonyl (C=O) groups is 1. The molecule has 1 unspecified atom stereocenters. The fourth-order valence-corrected chi connectivity index (χ4v) is 4.39. The van der Waals surface area contributed by atoms with Crippen molar-refractivity contribution in [1.29, 1.82) is 0 Å². The lowest BCUT2D eigenvalue weighted by Crippen LogP contribution is -2.15. The van der Waals surface area contributed by atoms with Crippen LogP contribution in [0, 0.1) is 0 Å². The van der Waals surface area contributed by atoms with Crippen molar-refractivity contribution in [2.24, 2.45) is 0 Å². The van der Waals surface area contributed by atoms with Gasteiger partial charge in [-0.2, -0.15) is 0 Å². The van der Waals surface area contributed by atoms with Gasteiger partial charge < -0.3 is 10.1 Å². The third-order valence-corrected chi connectivity index (χ3v) is 5.49. The van der Waals surface area contributed by atoms with Crippen LogP contribution in [0.2, 0.25) is 0 Å². The summed E-state index contributed by atoms with van der Waals surface area (Å²) in [6.07, 6.45) is 3.29. The van der Waals surface area contributed by atoms with Crippen LogP contribution in [0.15, 0.2) is 27.6 Å². The molecule has 5 nitrogen and oxygen atoms in total. The normalized spacial score (nSPS) is 18.7. The van der Waals surface area contributed by atoms with E-state index in [2.05, 4.69) is 21.2 Å². The summed E-state index contributed by atoms with van der Waals surface area (Å²) in [7, 11) is 1.48. The van der Waals surface area contributed by atoms with E-state index >= 15 is 0 Å². The average molecular weight is 397 g/mol. The van der Waals surface area contributed by atoms with E-state index in [1.165, 1.54) is 18.2 Å². The lowest BCUT2D eigenvalue weighted by Gasteiger charge is -2.10. The molecule has 0 saturated carbocycles. The van der Waals surface area contributed by atoms with Crippen LogP contribution in [0.5, 0.6) is 0 Å². The number of nitrogens with one attached hydrogen (secondary N) is 1. The number of rotatable bonds is 5. The highest BCUT2D eigenvalue weighted by Crippen LogP contribution is 2.28. The van der Waals surface area contributed by atoms with Crippen molar-refractivity contribution in [3.63, 3.8) is 0 Å². The molecule has 2 rings (SSSR count). The zero-order valence-corrected chi connectivity index (χ0v) is 14.3. The van der Waals surface area contributed by atoms with E-state index in [1.807, 2.05) is 0 Å². The molecule has 1 N–H and O–H groups in total. The Morgan fingerprint density at radius 2 is 2.24 bits per heavy atom. The van der Waals surface area contributed by atoms with Crippen molar-refractivity contribution in [3.05, 3.63) is 22.7 Å². The fraction of sp³-hybridized carbons (Fsp3) is 0.462. The van der Waals surface area contributed by atoms with Crippen LogP contribution in [0.3, 0.4) is 0 Å². The molecule has 1 amide bonds.